The molecule has 3 nitrogen and oxygen atoms in total. The molecule has 108 valence electrons. The molecule has 0 radical (unpaired) electrons. The Balaban J connectivity index is 2.30. The first-order chi connectivity index (χ1) is 10.2. The number of nitrogens with zero attached hydrogens (tertiary/aromatic N) is 2. The lowest BCUT2D eigenvalue weighted by molar-refractivity contribution is 0.726. The third-order valence-corrected chi connectivity index (χ3v) is 3.54. The lowest BCUT2D eigenvalue weighted by Gasteiger charge is -2.21. The number of rotatable bonds is 5. The average molecular weight is 279 g/mol. The Bertz CT molecular complexity index is 639. The Morgan fingerprint density at radius 2 is 1.86 bits per heavy atom. The van der Waals surface area contributed by atoms with E-state index >= 15 is 0 Å². The van der Waals surface area contributed by atoms with Gasteiger partial charge >= 0.3 is 0 Å². The highest BCUT2D eigenvalue weighted by atomic mass is 15.1. The second-order valence-electron chi connectivity index (χ2n) is 5.14. The lowest BCUT2D eigenvalue weighted by Crippen LogP contribution is -2.14. The molecule has 0 amide bonds. The minimum atomic E-state index is 0.702. The summed E-state index contributed by atoms with van der Waals surface area (Å²) in [6.07, 6.45) is 0. The van der Waals surface area contributed by atoms with Crippen LogP contribution in [0.2, 0.25) is 0 Å². The fourth-order valence-corrected chi connectivity index (χ4v) is 2.25. The molecule has 3 heteroatoms. The van der Waals surface area contributed by atoms with Crippen molar-refractivity contribution in [3.8, 4) is 6.07 Å². The van der Waals surface area contributed by atoms with Crippen LogP contribution in [-0.4, -0.2) is 13.6 Å². The molecule has 21 heavy (non-hydrogen) atoms. The molecule has 0 bridgehead atoms. The summed E-state index contributed by atoms with van der Waals surface area (Å²) in [4.78, 5) is 2.05. The number of nitrogens with one attached hydrogen (secondary N) is 1. The van der Waals surface area contributed by atoms with Gasteiger partial charge in [-0.3, -0.25) is 0 Å². The predicted octanol–water partition coefficient (Wildman–Crippen LogP) is 3.74. The van der Waals surface area contributed by atoms with Gasteiger partial charge in [0.1, 0.15) is 6.07 Å². The smallest absolute Gasteiger partial charge is 0.101 e. The molecule has 0 fully saturated rings. The zero-order chi connectivity index (χ0) is 15.2. The first-order valence-corrected chi connectivity index (χ1v) is 7.20. The van der Waals surface area contributed by atoms with Crippen LogP contribution in [0.1, 0.15) is 23.6 Å². The summed E-state index contributed by atoms with van der Waals surface area (Å²) < 4.78 is 0. The number of hydrogen-bond acceptors (Lipinski definition) is 3. The highest BCUT2D eigenvalue weighted by molar-refractivity contribution is 5.69. The van der Waals surface area contributed by atoms with Crippen LogP contribution in [0.5, 0.6) is 0 Å². The molecule has 0 aliphatic heterocycles. The monoisotopic (exact) mass is 279 g/mol. The Hall–Kier alpha value is -2.31. The van der Waals surface area contributed by atoms with E-state index in [2.05, 4.69) is 60.5 Å². The molecule has 0 atom stereocenters. The molecule has 0 saturated heterocycles. The highest BCUT2D eigenvalue weighted by Gasteiger charge is 2.10. The van der Waals surface area contributed by atoms with Crippen molar-refractivity contribution < 1.29 is 0 Å². The van der Waals surface area contributed by atoms with Crippen molar-refractivity contribution in [3.63, 3.8) is 0 Å². The highest BCUT2D eigenvalue weighted by Crippen LogP contribution is 2.27. The van der Waals surface area contributed by atoms with Crippen molar-refractivity contribution in [1.29, 1.82) is 5.26 Å². The van der Waals surface area contributed by atoms with Crippen LogP contribution in [0, 0.1) is 18.3 Å². The van der Waals surface area contributed by atoms with E-state index < -0.39 is 0 Å². The number of nitriles is 1. The Kier molecular flexibility index (Phi) is 4.97. The first-order valence-electron chi connectivity index (χ1n) is 7.20. The van der Waals surface area contributed by atoms with Gasteiger partial charge in [-0.05, 0) is 43.3 Å². The van der Waals surface area contributed by atoms with Gasteiger partial charge in [0.15, 0.2) is 0 Å². The molecule has 0 aromatic heterocycles. The Morgan fingerprint density at radius 1 is 1.14 bits per heavy atom. The van der Waals surface area contributed by atoms with Gasteiger partial charge in [0, 0.05) is 19.3 Å². The molecule has 2 rings (SSSR count). The van der Waals surface area contributed by atoms with Gasteiger partial charge in [-0.2, -0.15) is 5.26 Å². The van der Waals surface area contributed by atoms with Crippen LogP contribution in [0.15, 0.2) is 42.5 Å². The zero-order valence-corrected chi connectivity index (χ0v) is 12.9. The third-order valence-electron chi connectivity index (χ3n) is 3.54. The van der Waals surface area contributed by atoms with Crippen LogP contribution in [0.3, 0.4) is 0 Å². The summed E-state index contributed by atoms with van der Waals surface area (Å²) >= 11 is 0. The summed E-state index contributed by atoms with van der Waals surface area (Å²) in [5.41, 5.74) is 5.08. The fourth-order valence-electron chi connectivity index (χ4n) is 2.25. The van der Waals surface area contributed by atoms with Crippen LogP contribution in [-0.2, 0) is 6.54 Å². The molecule has 0 unspecified atom stereocenters. The van der Waals surface area contributed by atoms with Gasteiger partial charge < -0.3 is 10.2 Å². The second-order valence-corrected chi connectivity index (χ2v) is 5.14. The summed E-state index contributed by atoms with van der Waals surface area (Å²) in [5, 5.41) is 12.7. The molecule has 0 heterocycles. The van der Waals surface area contributed by atoms with Crippen molar-refractivity contribution >= 4 is 11.4 Å². The molecular formula is C18H21N3. The summed E-state index contributed by atoms with van der Waals surface area (Å²) in [6.45, 7) is 5.86. The second kappa shape index (κ2) is 6.92. The number of aryl methyl sites for hydroxylation is 1. The fraction of sp³-hybridized carbons (Fsp3) is 0.278. The molecule has 2 aromatic rings. The minimum Gasteiger partial charge on any atom is -0.344 e. The Morgan fingerprint density at radius 3 is 2.48 bits per heavy atom. The maximum Gasteiger partial charge on any atom is 0.101 e. The number of anilines is 2. The van der Waals surface area contributed by atoms with Crippen molar-refractivity contribution in [2.45, 2.75) is 20.4 Å². The minimum absolute atomic E-state index is 0.702. The van der Waals surface area contributed by atoms with Gasteiger partial charge in [-0.1, -0.05) is 30.7 Å². The van der Waals surface area contributed by atoms with Crippen LogP contribution in [0.4, 0.5) is 11.4 Å². The third kappa shape index (κ3) is 3.62. The standard InChI is InChI=1S/C18H21N3/c1-4-20-13-15-7-10-18(16(11-15)12-19)21(3)17-8-5-14(2)6-9-17/h5-11,20H,4,13H2,1-3H3. The molecule has 1 N–H and O–H groups in total. The van der Waals surface area contributed by atoms with Crippen molar-refractivity contribution in [1.82, 2.24) is 5.32 Å². The Labute approximate surface area is 126 Å². The predicted molar refractivity (Wildman–Crippen MR) is 87.8 cm³/mol. The van der Waals surface area contributed by atoms with Crippen molar-refractivity contribution in [3.05, 3.63) is 59.2 Å². The van der Waals surface area contributed by atoms with Gasteiger partial charge in [0.05, 0.1) is 11.3 Å². The summed E-state index contributed by atoms with van der Waals surface area (Å²) in [7, 11) is 1.99. The van der Waals surface area contributed by atoms with Gasteiger partial charge in [-0.25, -0.2) is 0 Å². The number of hydrogen-bond donors (Lipinski definition) is 1. The molecule has 0 aliphatic rings. The van der Waals surface area contributed by atoms with Gasteiger partial charge in [-0.15, -0.1) is 0 Å². The van der Waals surface area contributed by atoms with E-state index in [4.69, 9.17) is 0 Å². The van der Waals surface area contributed by atoms with E-state index in [1.165, 1.54) is 5.56 Å². The SMILES string of the molecule is CCNCc1ccc(N(C)c2ccc(C)cc2)c(C#N)c1. The summed E-state index contributed by atoms with van der Waals surface area (Å²) in [6, 6.07) is 16.7. The average Bonchev–Trinajstić information content (AvgIpc) is 2.52. The molecular weight excluding hydrogens is 258 g/mol. The zero-order valence-electron chi connectivity index (χ0n) is 12.9. The molecule has 0 aliphatic carbocycles. The van der Waals surface area contributed by atoms with E-state index in [1.807, 2.05) is 19.2 Å². The van der Waals surface area contributed by atoms with E-state index in [0.717, 1.165) is 30.0 Å². The van der Waals surface area contributed by atoms with E-state index in [-0.39, 0.29) is 0 Å². The van der Waals surface area contributed by atoms with Crippen LogP contribution in [0.25, 0.3) is 0 Å². The quantitative estimate of drug-likeness (QED) is 0.906. The maximum atomic E-state index is 9.41. The first kappa shape index (κ1) is 15.1. The number of benzene rings is 2. The van der Waals surface area contributed by atoms with Gasteiger partial charge in [0.2, 0.25) is 0 Å². The molecule has 2 aromatic carbocycles. The van der Waals surface area contributed by atoms with Crippen molar-refractivity contribution in [2.24, 2.45) is 0 Å². The largest absolute Gasteiger partial charge is 0.344 e. The molecule has 0 saturated carbocycles. The van der Waals surface area contributed by atoms with Crippen molar-refractivity contribution in [2.75, 3.05) is 18.5 Å². The van der Waals surface area contributed by atoms with E-state index in [0.29, 0.717) is 5.56 Å². The maximum absolute atomic E-state index is 9.41. The van der Waals surface area contributed by atoms with Crippen LogP contribution >= 0.6 is 0 Å². The summed E-state index contributed by atoms with van der Waals surface area (Å²) in [5.74, 6) is 0. The normalized spacial score (nSPS) is 10.2. The molecule has 0 spiro atoms. The topological polar surface area (TPSA) is 39.1 Å². The lowest BCUT2D eigenvalue weighted by atomic mass is 10.1. The van der Waals surface area contributed by atoms with E-state index in [9.17, 15) is 5.26 Å². The van der Waals surface area contributed by atoms with Gasteiger partial charge in [0.25, 0.3) is 0 Å². The van der Waals surface area contributed by atoms with E-state index in [1.54, 1.807) is 0 Å². The van der Waals surface area contributed by atoms with Crippen LogP contribution < -0.4 is 10.2 Å².